The van der Waals surface area contributed by atoms with Crippen molar-refractivity contribution >= 4 is 17.5 Å². The number of aromatic nitrogens is 1. The van der Waals surface area contributed by atoms with Gasteiger partial charge in [0.05, 0.1) is 25.9 Å². The third-order valence-corrected chi connectivity index (χ3v) is 5.23. The highest BCUT2D eigenvalue weighted by atomic mass is 16.5. The van der Waals surface area contributed by atoms with Crippen molar-refractivity contribution < 1.29 is 19.1 Å². The summed E-state index contributed by atoms with van der Waals surface area (Å²) in [5, 5.41) is 5.39. The lowest BCUT2D eigenvalue weighted by atomic mass is 10.1. The Morgan fingerprint density at radius 1 is 1.10 bits per heavy atom. The molecule has 0 radical (unpaired) electrons. The van der Waals surface area contributed by atoms with E-state index < -0.39 is 11.8 Å². The molecule has 1 atom stereocenters. The first kappa shape index (κ1) is 20.7. The third kappa shape index (κ3) is 4.89. The average molecular weight is 400 g/mol. The minimum Gasteiger partial charge on any atom is -0.497 e. The number of methoxy groups -OCH3 is 2. The molecule has 29 heavy (non-hydrogen) atoms. The van der Waals surface area contributed by atoms with Crippen molar-refractivity contribution in [1.82, 2.24) is 14.8 Å². The average Bonchev–Trinajstić information content (AvgIpc) is 3.41. The van der Waals surface area contributed by atoms with Gasteiger partial charge in [-0.1, -0.05) is 0 Å². The molecule has 0 saturated carbocycles. The molecule has 2 N–H and O–H groups in total. The number of nitrogens with zero attached hydrogens (tertiary/aromatic N) is 2. The van der Waals surface area contributed by atoms with Crippen LogP contribution in [0.1, 0.15) is 24.6 Å². The van der Waals surface area contributed by atoms with Crippen molar-refractivity contribution in [3.8, 4) is 11.5 Å². The van der Waals surface area contributed by atoms with Gasteiger partial charge in [0.15, 0.2) is 0 Å². The summed E-state index contributed by atoms with van der Waals surface area (Å²) < 4.78 is 12.5. The molecule has 0 aliphatic carbocycles. The molecule has 8 heteroatoms. The summed E-state index contributed by atoms with van der Waals surface area (Å²) in [5.74, 6) is -0.397. The molecule has 1 aliphatic heterocycles. The molecule has 2 heterocycles. The fourth-order valence-electron chi connectivity index (χ4n) is 3.64. The number of hydrogen-bond donors (Lipinski definition) is 2. The van der Waals surface area contributed by atoms with E-state index in [0.29, 0.717) is 23.7 Å². The Labute approximate surface area is 170 Å². The van der Waals surface area contributed by atoms with Crippen LogP contribution >= 0.6 is 0 Å². The fourth-order valence-corrected chi connectivity index (χ4v) is 3.64. The van der Waals surface area contributed by atoms with Gasteiger partial charge in [0, 0.05) is 31.5 Å². The molecule has 1 unspecified atom stereocenters. The Bertz CT molecular complexity index is 858. The van der Waals surface area contributed by atoms with Crippen LogP contribution in [0.5, 0.6) is 11.5 Å². The van der Waals surface area contributed by atoms with Crippen molar-refractivity contribution in [2.75, 3.05) is 39.2 Å². The standard InChI is InChI=1S/C21H28N4O4/c1-24-10-6-7-17(24)18(25-11-4-5-12-25)14-22-20(26)21(27)23-16-9-8-15(28-2)13-19(16)29-3/h6-10,13,18H,4-5,11-12,14H2,1-3H3,(H,22,26)(H,23,27). The molecule has 3 rings (SSSR count). The van der Waals surface area contributed by atoms with Crippen LogP contribution in [0.4, 0.5) is 5.69 Å². The minimum absolute atomic E-state index is 0.0322. The number of ether oxygens (including phenoxy) is 2. The second kappa shape index (κ2) is 9.47. The predicted molar refractivity (Wildman–Crippen MR) is 110 cm³/mol. The molecule has 8 nitrogen and oxygen atoms in total. The van der Waals surface area contributed by atoms with Crippen molar-refractivity contribution in [2.45, 2.75) is 18.9 Å². The summed E-state index contributed by atoms with van der Waals surface area (Å²) in [5.41, 5.74) is 1.52. The number of benzene rings is 1. The lowest BCUT2D eigenvalue weighted by molar-refractivity contribution is -0.136. The molecule has 1 saturated heterocycles. The van der Waals surface area contributed by atoms with Crippen LogP contribution < -0.4 is 20.1 Å². The molecule has 2 amide bonds. The van der Waals surface area contributed by atoms with Gasteiger partial charge >= 0.3 is 11.8 Å². The van der Waals surface area contributed by atoms with Crippen LogP contribution in [0.3, 0.4) is 0 Å². The first-order valence-corrected chi connectivity index (χ1v) is 9.70. The summed E-state index contributed by atoms with van der Waals surface area (Å²) in [4.78, 5) is 27.2. The lowest BCUT2D eigenvalue weighted by Gasteiger charge is -2.28. The van der Waals surface area contributed by atoms with E-state index in [2.05, 4.69) is 26.2 Å². The Hall–Kier alpha value is -3.00. The Morgan fingerprint density at radius 2 is 1.86 bits per heavy atom. The summed E-state index contributed by atoms with van der Waals surface area (Å²) in [6.45, 7) is 2.34. The van der Waals surface area contributed by atoms with Crippen LogP contribution in [-0.2, 0) is 16.6 Å². The highest BCUT2D eigenvalue weighted by Gasteiger charge is 2.26. The van der Waals surface area contributed by atoms with Crippen molar-refractivity contribution in [3.05, 3.63) is 42.2 Å². The number of carbonyl (C=O) groups is 2. The highest BCUT2D eigenvalue weighted by Crippen LogP contribution is 2.29. The van der Waals surface area contributed by atoms with E-state index in [1.54, 1.807) is 25.3 Å². The van der Waals surface area contributed by atoms with Crippen LogP contribution in [0.25, 0.3) is 0 Å². The topological polar surface area (TPSA) is 84.8 Å². The Kier molecular flexibility index (Phi) is 6.77. The van der Waals surface area contributed by atoms with Gasteiger partial charge in [-0.05, 0) is 50.2 Å². The quantitative estimate of drug-likeness (QED) is 0.694. The van der Waals surface area contributed by atoms with Gasteiger partial charge in [0.25, 0.3) is 0 Å². The normalized spacial score (nSPS) is 15.0. The van der Waals surface area contributed by atoms with Crippen LogP contribution in [-0.4, -0.2) is 55.1 Å². The van der Waals surface area contributed by atoms with E-state index in [-0.39, 0.29) is 6.04 Å². The van der Waals surface area contributed by atoms with Gasteiger partial charge in [-0.15, -0.1) is 0 Å². The van der Waals surface area contributed by atoms with E-state index in [9.17, 15) is 9.59 Å². The molecular formula is C21H28N4O4. The van der Waals surface area contributed by atoms with Gasteiger partial charge in [-0.3, -0.25) is 14.5 Å². The summed E-state index contributed by atoms with van der Waals surface area (Å²) in [7, 11) is 5.03. The number of carbonyl (C=O) groups excluding carboxylic acids is 2. The maximum Gasteiger partial charge on any atom is 0.313 e. The number of hydrogen-bond acceptors (Lipinski definition) is 5. The molecule has 2 aromatic rings. The van der Waals surface area contributed by atoms with Crippen LogP contribution in [0.2, 0.25) is 0 Å². The van der Waals surface area contributed by atoms with Crippen molar-refractivity contribution in [2.24, 2.45) is 7.05 Å². The molecular weight excluding hydrogens is 372 g/mol. The maximum atomic E-state index is 12.4. The molecule has 1 aromatic heterocycles. The molecule has 1 aromatic carbocycles. The van der Waals surface area contributed by atoms with Crippen molar-refractivity contribution in [3.63, 3.8) is 0 Å². The van der Waals surface area contributed by atoms with Crippen molar-refractivity contribution in [1.29, 1.82) is 0 Å². The summed E-state index contributed by atoms with van der Waals surface area (Å²) >= 11 is 0. The number of aryl methyl sites for hydroxylation is 1. The SMILES string of the molecule is COc1ccc(NC(=O)C(=O)NCC(c2cccn2C)N2CCCC2)c(OC)c1. The highest BCUT2D eigenvalue weighted by molar-refractivity contribution is 6.39. The number of likely N-dealkylation sites (tertiary alicyclic amines) is 1. The van der Waals surface area contributed by atoms with Gasteiger partial charge in [0.1, 0.15) is 11.5 Å². The number of nitrogens with one attached hydrogen (secondary N) is 2. The summed E-state index contributed by atoms with van der Waals surface area (Å²) in [6.07, 6.45) is 4.28. The second-order valence-corrected chi connectivity index (χ2v) is 7.03. The van der Waals surface area contributed by atoms with E-state index in [0.717, 1.165) is 31.6 Å². The zero-order valence-electron chi connectivity index (χ0n) is 17.1. The molecule has 0 spiro atoms. The molecule has 0 bridgehead atoms. The third-order valence-electron chi connectivity index (χ3n) is 5.23. The largest absolute Gasteiger partial charge is 0.497 e. The lowest BCUT2D eigenvalue weighted by Crippen LogP contribution is -2.41. The zero-order valence-corrected chi connectivity index (χ0v) is 17.1. The maximum absolute atomic E-state index is 12.4. The molecule has 1 aliphatic rings. The smallest absolute Gasteiger partial charge is 0.313 e. The van der Waals surface area contributed by atoms with Gasteiger partial charge in [-0.2, -0.15) is 0 Å². The first-order valence-electron chi connectivity index (χ1n) is 9.70. The van der Waals surface area contributed by atoms with Crippen LogP contribution in [0, 0.1) is 0 Å². The van der Waals surface area contributed by atoms with E-state index in [1.165, 1.54) is 7.11 Å². The molecule has 1 fully saturated rings. The molecule has 156 valence electrons. The van der Waals surface area contributed by atoms with E-state index in [4.69, 9.17) is 9.47 Å². The van der Waals surface area contributed by atoms with Gasteiger partial charge in [-0.25, -0.2) is 0 Å². The Morgan fingerprint density at radius 3 is 2.48 bits per heavy atom. The Balaban J connectivity index is 1.64. The van der Waals surface area contributed by atoms with Gasteiger partial charge in [0.2, 0.25) is 0 Å². The minimum atomic E-state index is -0.736. The van der Waals surface area contributed by atoms with Gasteiger partial charge < -0.3 is 24.7 Å². The monoisotopic (exact) mass is 400 g/mol. The number of rotatable bonds is 7. The van der Waals surface area contributed by atoms with E-state index in [1.807, 2.05) is 19.3 Å². The summed E-state index contributed by atoms with van der Waals surface area (Å²) in [6, 6.07) is 9.05. The second-order valence-electron chi connectivity index (χ2n) is 7.03. The van der Waals surface area contributed by atoms with E-state index >= 15 is 0 Å². The predicted octanol–water partition coefficient (Wildman–Crippen LogP) is 1.93. The van der Waals surface area contributed by atoms with Crippen LogP contribution in [0.15, 0.2) is 36.5 Å². The fraction of sp³-hybridized carbons (Fsp3) is 0.429. The number of anilines is 1. The zero-order chi connectivity index (χ0) is 20.8. The first-order chi connectivity index (χ1) is 14.0. The number of amides is 2.